The Kier molecular flexibility index (Phi) is 5.44. The number of rotatable bonds is 3. The zero-order valence-corrected chi connectivity index (χ0v) is 17.7. The van der Waals surface area contributed by atoms with Crippen LogP contribution in [0.3, 0.4) is 0 Å². The quantitative estimate of drug-likeness (QED) is 0.704. The van der Waals surface area contributed by atoms with Crippen molar-refractivity contribution in [1.82, 2.24) is 0 Å². The number of aliphatic imine (C=N–C) groups is 1. The van der Waals surface area contributed by atoms with Crippen LogP contribution >= 0.6 is 35.0 Å². The highest BCUT2D eigenvalue weighted by molar-refractivity contribution is 8.16. The number of hydrogen-bond donors (Lipinski definition) is 0. The zero-order valence-electron chi connectivity index (χ0n) is 14.6. The van der Waals surface area contributed by atoms with E-state index in [0.29, 0.717) is 20.8 Å². The summed E-state index contributed by atoms with van der Waals surface area (Å²) in [7, 11) is -3.12. The molecule has 0 radical (unpaired) electrons. The number of anilines is 1. The standard InChI is InChI=1S/C19H16Cl2N2O3S2/c20-13-5-3-6-14(9-13)23-16-10-28(25,26)11-17(16)27-19(23)22-18(24)8-12-4-1-2-7-15(12)21/h1-7,9,16-17H,8,10-11H2/t16-,17-/m0/s1. The SMILES string of the molecule is O=C(Cc1ccccc1Cl)N=C1S[C@H]2CS(=O)(=O)C[C@@H]2N1c1cccc(Cl)c1. The number of nitrogens with zero attached hydrogens (tertiary/aromatic N) is 2. The number of amides is 1. The van der Waals surface area contributed by atoms with Crippen LogP contribution < -0.4 is 4.90 Å². The molecule has 146 valence electrons. The van der Waals surface area contributed by atoms with E-state index < -0.39 is 9.84 Å². The average Bonchev–Trinajstić information content (AvgIpc) is 3.07. The van der Waals surface area contributed by atoms with E-state index >= 15 is 0 Å². The summed E-state index contributed by atoms with van der Waals surface area (Å²) in [4.78, 5) is 18.7. The van der Waals surface area contributed by atoms with Gasteiger partial charge in [0, 0.05) is 21.0 Å². The topological polar surface area (TPSA) is 66.8 Å². The van der Waals surface area contributed by atoms with Gasteiger partial charge in [0.25, 0.3) is 5.91 Å². The predicted octanol–water partition coefficient (Wildman–Crippen LogP) is 3.84. The third kappa shape index (κ3) is 4.08. The van der Waals surface area contributed by atoms with Gasteiger partial charge in [0.2, 0.25) is 0 Å². The van der Waals surface area contributed by atoms with Crippen molar-refractivity contribution in [1.29, 1.82) is 0 Å². The van der Waals surface area contributed by atoms with Crippen LogP contribution in [0.4, 0.5) is 5.69 Å². The fourth-order valence-corrected chi connectivity index (χ4v) is 7.76. The first-order chi connectivity index (χ1) is 13.3. The van der Waals surface area contributed by atoms with E-state index in [4.69, 9.17) is 23.2 Å². The summed E-state index contributed by atoms with van der Waals surface area (Å²) >= 11 is 13.6. The lowest BCUT2D eigenvalue weighted by Gasteiger charge is -2.24. The lowest BCUT2D eigenvalue weighted by molar-refractivity contribution is -0.117. The second kappa shape index (κ2) is 7.71. The van der Waals surface area contributed by atoms with Crippen LogP contribution in [0.15, 0.2) is 53.5 Å². The summed E-state index contributed by atoms with van der Waals surface area (Å²) in [6, 6.07) is 14.0. The van der Waals surface area contributed by atoms with Crippen LogP contribution in [0.5, 0.6) is 0 Å². The van der Waals surface area contributed by atoms with Crippen molar-refractivity contribution in [3.8, 4) is 0 Å². The minimum Gasteiger partial charge on any atom is -0.316 e. The van der Waals surface area contributed by atoms with Crippen LogP contribution in [-0.2, 0) is 21.1 Å². The molecule has 0 N–H and O–H groups in total. The Morgan fingerprint density at radius 2 is 1.93 bits per heavy atom. The Balaban J connectivity index is 1.66. The number of fused-ring (bicyclic) bond motifs is 1. The number of thioether (sulfide) groups is 1. The first-order valence-electron chi connectivity index (χ1n) is 8.59. The maximum Gasteiger partial charge on any atom is 0.252 e. The molecule has 0 aliphatic carbocycles. The Hall–Kier alpha value is -1.54. The second-order valence-electron chi connectivity index (χ2n) is 6.71. The van der Waals surface area contributed by atoms with Gasteiger partial charge >= 0.3 is 0 Å². The van der Waals surface area contributed by atoms with Crippen molar-refractivity contribution < 1.29 is 13.2 Å². The summed E-state index contributed by atoms with van der Waals surface area (Å²) in [5.74, 6) is -0.211. The first kappa shape index (κ1) is 19.8. The normalized spacial score (nSPS) is 24.5. The number of carbonyl (C=O) groups excluding carboxylic acids is 1. The van der Waals surface area contributed by atoms with Crippen LogP contribution in [0.25, 0.3) is 0 Å². The predicted molar refractivity (Wildman–Crippen MR) is 115 cm³/mol. The van der Waals surface area contributed by atoms with Gasteiger partial charge in [-0.3, -0.25) is 4.79 Å². The smallest absolute Gasteiger partial charge is 0.252 e. The van der Waals surface area contributed by atoms with Crippen LogP contribution in [0, 0.1) is 0 Å². The third-order valence-corrected chi connectivity index (χ3v) is 8.49. The number of amidine groups is 1. The van der Waals surface area contributed by atoms with Crippen molar-refractivity contribution in [2.24, 2.45) is 4.99 Å². The summed E-state index contributed by atoms with van der Waals surface area (Å²) in [6.07, 6.45) is 0.0841. The highest BCUT2D eigenvalue weighted by Gasteiger charge is 2.49. The highest BCUT2D eigenvalue weighted by Crippen LogP contribution is 2.41. The van der Waals surface area contributed by atoms with Gasteiger partial charge in [0.05, 0.1) is 24.0 Å². The number of benzene rings is 2. The Morgan fingerprint density at radius 3 is 2.68 bits per heavy atom. The maximum absolute atomic E-state index is 12.6. The van der Waals surface area contributed by atoms with E-state index in [2.05, 4.69) is 4.99 Å². The molecule has 2 heterocycles. The number of sulfone groups is 1. The van der Waals surface area contributed by atoms with Crippen molar-refractivity contribution in [2.45, 2.75) is 17.7 Å². The summed E-state index contributed by atoms with van der Waals surface area (Å²) in [5.41, 5.74) is 1.44. The lowest BCUT2D eigenvalue weighted by atomic mass is 10.1. The van der Waals surface area contributed by atoms with Crippen LogP contribution in [0.1, 0.15) is 5.56 Å². The van der Waals surface area contributed by atoms with E-state index in [1.807, 2.05) is 17.0 Å². The number of carbonyl (C=O) groups is 1. The van der Waals surface area contributed by atoms with Crippen molar-refractivity contribution in [3.05, 3.63) is 64.1 Å². The Morgan fingerprint density at radius 1 is 1.14 bits per heavy atom. The Bertz CT molecular complexity index is 1070. The molecule has 2 fully saturated rings. The minimum absolute atomic E-state index is 0.0366. The molecule has 0 aromatic heterocycles. The second-order valence-corrected chi connectivity index (χ2v) is 10.9. The van der Waals surface area contributed by atoms with E-state index in [1.165, 1.54) is 11.8 Å². The molecule has 28 heavy (non-hydrogen) atoms. The van der Waals surface area contributed by atoms with Gasteiger partial charge in [-0.1, -0.05) is 59.2 Å². The van der Waals surface area contributed by atoms with E-state index in [-0.39, 0.29) is 35.1 Å². The van der Waals surface area contributed by atoms with Crippen molar-refractivity contribution in [3.63, 3.8) is 0 Å². The summed E-state index contributed by atoms with van der Waals surface area (Å²) < 4.78 is 24.2. The molecule has 0 saturated carbocycles. The lowest BCUT2D eigenvalue weighted by Crippen LogP contribution is -2.37. The number of hydrogen-bond acceptors (Lipinski definition) is 4. The van der Waals surface area contributed by atoms with E-state index in [0.717, 1.165) is 5.69 Å². The highest BCUT2D eigenvalue weighted by atomic mass is 35.5. The van der Waals surface area contributed by atoms with Gasteiger partial charge < -0.3 is 4.90 Å². The third-order valence-electron chi connectivity index (χ3n) is 4.67. The molecule has 0 bridgehead atoms. The summed E-state index contributed by atoms with van der Waals surface area (Å²) in [5, 5.41) is 1.40. The fraction of sp³-hybridized carbons (Fsp3) is 0.263. The van der Waals surface area contributed by atoms with Gasteiger partial charge in [-0.25, -0.2) is 8.42 Å². The average molecular weight is 455 g/mol. The fourth-order valence-electron chi connectivity index (χ4n) is 3.44. The van der Waals surface area contributed by atoms with Crippen LogP contribution in [-0.4, -0.2) is 42.3 Å². The van der Waals surface area contributed by atoms with Crippen molar-refractivity contribution >= 4 is 61.6 Å². The van der Waals surface area contributed by atoms with Gasteiger partial charge in [-0.15, -0.1) is 0 Å². The Labute approximate surface area is 177 Å². The molecule has 2 aliphatic heterocycles. The molecule has 2 aromatic carbocycles. The van der Waals surface area contributed by atoms with Gasteiger partial charge in [0.1, 0.15) is 0 Å². The first-order valence-corrected chi connectivity index (χ1v) is 12.0. The molecule has 2 saturated heterocycles. The number of halogens is 2. The molecule has 2 atom stereocenters. The maximum atomic E-state index is 12.6. The summed E-state index contributed by atoms with van der Waals surface area (Å²) in [6.45, 7) is 0. The van der Waals surface area contributed by atoms with Crippen LogP contribution in [0.2, 0.25) is 10.0 Å². The molecular weight excluding hydrogens is 439 g/mol. The molecule has 4 rings (SSSR count). The van der Waals surface area contributed by atoms with Gasteiger partial charge in [-0.05, 0) is 29.8 Å². The van der Waals surface area contributed by atoms with Gasteiger partial charge in [-0.2, -0.15) is 4.99 Å². The van der Waals surface area contributed by atoms with Crippen molar-refractivity contribution in [2.75, 3.05) is 16.4 Å². The molecule has 5 nitrogen and oxygen atoms in total. The molecule has 2 aliphatic rings. The van der Waals surface area contributed by atoms with E-state index in [9.17, 15) is 13.2 Å². The molecule has 0 unspecified atom stereocenters. The largest absolute Gasteiger partial charge is 0.316 e. The monoisotopic (exact) mass is 454 g/mol. The molecule has 2 aromatic rings. The minimum atomic E-state index is -3.12. The van der Waals surface area contributed by atoms with E-state index in [1.54, 1.807) is 36.4 Å². The van der Waals surface area contributed by atoms with Gasteiger partial charge in [0.15, 0.2) is 15.0 Å². The molecule has 1 amide bonds. The molecule has 9 heteroatoms. The molecular formula is C19H16Cl2N2O3S2. The zero-order chi connectivity index (χ0) is 19.9. The molecule has 0 spiro atoms.